The third-order valence-electron chi connectivity index (χ3n) is 5.73. The first-order chi connectivity index (χ1) is 16.5. The monoisotopic (exact) mass is 505 g/mol. The van der Waals surface area contributed by atoms with Crippen molar-refractivity contribution in [2.45, 2.75) is 26.1 Å². The van der Waals surface area contributed by atoms with Crippen LogP contribution in [0.1, 0.15) is 33.6 Å². The number of sulfonamides is 1. The summed E-state index contributed by atoms with van der Waals surface area (Å²) in [6.45, 7) is 2.05. The highest BCUT2D eigenvalue weighted by Crippen LogP contribution is 2.30. The molecule has 1 aromatic heterocycles. The van der Waals surface area contributed by atoms with Gasteiger partial charge in [-0.1, -0.05) is 18.2 Å². The summed E-state index contributed by atoms with van der Waals surface area (Å²) in [4.78, 5) is 25.7. The standard InChI is InChI=1S/C24H22F3N3O4S/c1-16-6-11-21(23(32)30(16)20-5-2-4-18(14-20)24(25,26)27)22(31)28-15-17-7-9-19(10-8-17)29-12-3-13-35(29,33)34/h2,4-11,14H,3,12-13,15H2,1H3,(H,28,31). The van der Waals surface area contributed by atoms with Crippen LogP contribution in [0.4, 0.5) is 18.9 Å². The number of hydrogen-bond acceptors (Lipinski definition) is 4. The zero-order valence-corrected chi connectivity index (χ0v) is 19.5. The maximum absolute atomic E-state index is 13.1. The Kier molecular flexibility index (Phi) is 6.46. The van der Waals surface area contributed by atoms with Gasteiger partial charge in [0, 0.05) is 24.5 Å². The Hall–Kier alpha value is -3.60. The smallest absolute Gasteiger partial charge is 0.348 e. The third kappa shape index (κ3) is 5.09. The maximum Gasteiger partial charge on any atom is 0.416 e. The fraction of sp³-hybridized carbons (Fsp3) is 0.250. The van der Waals surface area contributed by atoms with Crippen LogP contribution in [0.3, 0.4) is 0 Å². The van der Waals surface area contributed by atoms with Crippen molar-refractivity contribution in [2.24, 2.45) is 0 Å². The molecule has 35 heavy (non-hydrogen) atoms. The second-order valence-electron chi connectivity index (χ2n) is 8.17. The van der Waals surface area contributed by atoms with Crippen LogP contribution in [-0.4, -0.2) is 31.2 Å². The average Bonchev–Trinajstić information content (AvgIpc) is 3.16. The summed E-state index contributed by atoms with van der Waals surface area (Å²) >= 11 is 0. The van der Waals surface area contributed by atoms with Gasteiger partial charge in [0.15, 0.2) is 0 Å². The van der Waals surface area contributed by atoms with Crippen LogP contribution in [0.15, 0.2) is 65.5 Å². The molecule has 7 nitrogen and oxygen atoms in total. The van der Waals surface area contributed by atoms with Crippen LogP contribution in [0, 0.1) is 6.92 Å². The minimum Gasteiger partial charge on any atom is -0.348 e. The van der Waals surface area contributed by atoms with Crippen molar-refractivity contribution in [1.29, 1.82) is 0 Å². The second kappa shape index (κ2) is 9.21. The van der Waals surface area contributed by atoms with Crippen LogP contribution in [-0.2, 0) is 22.7 Å². The van der Waals surface area contributed by atoms with Gasteiger partial charge in [-0.25, -0.2) is 8.42 Å². The molecule has 1 aliphatic heterocycles. The summed E-state index contributed by atoms with van der Waals surface area (Å²) < 4.78 is 65.9. The van der Waals surface area contributed by atoms with Crippen LogP contribution in [0.25, 0.3) is 5.69 Å². The van der Waals surface area contributed by atoms with Gasteiger partial charge in [-0.3, -0.25) is 18.5 Å². The number of benzene rings is 2. The first-order valence-electron chi connectivity index (χ1n) is 10.8. The highest BCUT2D eigenvalue weighted by molar-refractivity contribution is 7.93. The summed E-state index contributed by atoms with van der Waals surface area (Å²) in [6, 6.07) is 13.8. The fourth-order valence-electron chi connectivity index (χ4n) is 3.93. The summed E-state index contributed by atoms with van der Waals surface area (Å²) in [5, 5.41) is 2.63. The number of halogens is 3. The lowest BCUT2D eigenvalue weighted by Gasteiger charge is -2.17. The summed E-state index contributed by atoms with van der Waals surface area (Å²) in [5.41, 5.74) is -0.252. The van der Waals surface area contributed by atoms with Crippen molar-refractivity contribution < 1.29 is 26.4 Å². The Labute approximate surface area is 199 Å². The molecule has 4 rings (SSSR count). The number of nitrogens with zero attached hydrogens (tertiary/aromatic N) is 2. The van der Waals surface area contributed by atoms with Crippen molar-refractivity contribution in [3.05, 3.63) is 93.4 Å². The fourth-order valence-corrected chi connectivity index (χ4v) is 5.50. The zero-order valence-electron chi connectivity index (χ0n) is 18.7. The molecule has 184 valence electrons. The predicted octanol–water partition coefficient (Wildman–Crippen LogP) is 3.63. The number of carbonyl (C=O) groups excluding carboxylic acids is 1. The van der Waals surface area contributed by atoms with Gasteiger partial charge < -0.3 is 5.32 Å². The molecule has 3 aromatic rings. The van der Waals surface area contributed by atoms with E-state index in [4.69, 9.17) is 0 Å². The van der Waals surface area contributed by atoms with Crippen molar-refractivity contribution >= 4 is 21.6 Å². The summed E-state index contributed by atoms with van der Waals surface area (Å²) in [6.07, 6.45) is -4.01. The summed E-state index contributed by atoms with van der Waals surface area (Å²) in [7, 11) is -3.30. The minimum atomic E-state index is -4.57. The normalized spacial score (nSPS) is 15.3. The molecule has 0 bridgehead atoms. The van der Waals surface area contributed by atoms with Gasteiger partial charge in [-0.05, 0) is 61.4 Å². The molecule has 1 aliphatic rings. The van der Waals surface area contributed by atoms with E-state index in [1.54, 1.807) is 31.2 Å². The van der Waals surface area contributed by atoms with E-state index in [9.17, 15) is 31.2 Å². The average molecular weight is 506 g/mol. The molecule has 1 N–H and O–H groups in total. The van der Waals surface area contributed by atoms with Crippen LogP contribution < -0.4 is 15.2 Å². The Morgan fingerprint density at radius 2 is 1.74 bits per heavy atom. The lowest BCUT2D eigenvalue weighted by molar-refractivity contribution is -0.137. The van der Waals surface area contributed by atoms with Gasteiger partial charge in [-0.2, -0.15) is 13.2 Å². The van der Waals surface area contributed by atoms with Crippen LogP contribution >= 0.6 is 0 Å². The number of carbonyl (C=O) groups is 1. The molecular formula is C24H22F3N3O4S. The van der Waals surface area contributed by atoms with Gasteiger partial charge in [-0.15, -0.1) is 0 Å². The number of amides is 1. The van der Waals surface area contributed by atoms with Crippen LogP contribution in [0.2, 0.25) is 0 Å². The van der Waals surface area contributed by atoms with E-state index in [1.807, 2.05) is 0 Å². The van der Waals surface area contributed by atoms with E-state index >= 15 is 0 Å². The molecule has 1 saturated heterocycles. The molecule has 2 heterocycles. The molecule has 0 saturated carbocycles. The maximum atomic E-state index is 13.1. The largest absolute Gasteiger partial charge is 0.416 e. The molecule has 0 atom stereocenters. The van der Waals surface area contributed by atoms with Crippen molar-refractivity contribution in [2.75, 3.05) is 16.6 Å². The SMILES string of the molecule is Cc1ccc(C(=O)NCc2ccc(N3CCCS3(=O)=O)cc2)c(=O)n1-c1cccc(C(F)(F)F)c1. The molecule has 1 amide bonds. The molecule has 0 radical (unpaired) electrons. The minimum absolute atomic E-state index is 0.00410. The Bertz CT molecular complexity index is 1430. The highest BCUT2D eigenvalue weighted by Gasteiger charge is 2.31. The number of anilines is 1. The first-order valence-corrected chi connectivity index (χ1v) is 12.4. The molecule has 0 spiro atoms. The Morgan fingerprint density at radius 3 is 2.37 bits per heavy atom. The van der Waals surface area contributed by atoms with Gasteiger partial charge >= 0.3 is 6.18 Å². The quantitative estimate of drug-likeness (QED) is 0.574. The number of aryl methyl sites for hydroxylation is 1. The number of pyridine rings is 1. The third-order valence-corrected chi connectivity index (χ3v) is 7.60. The molecule has 0 aliphatic carbocycles. The molecule has 11 heteroatoms. The lowest BCUT2D eigenvalue weighted by atomic mass is 10.1. The van der Waals surface area contributed by atoms with Crippen molar-refractivity contribution in [3.8, 4) is 5.69 Å². The predicted molar refractivity (Wildman–Crippen MR) is 125 cm³/mol. The van der Waals surface area contributed by atoms with E-state index < -0.39 is 33.2 Å². The Balaban J connectivity index is 1.53. The summed E-state index contributed by atoms with van der Waals surface area (Å²) in [5.74, 6) is -0.568. The highest BCUT2D eigenvalue weighted by atomic mass is 32.2. The van der Waals surface area contributed by atoms with E-state index in [0.717, 1.165) is 16.7 Å². The van der Waals surface area contributed by atoms with E-state index in [0.29, 0.717) is 29.9 Å². The topological polar surface area (TPSA) is 88.5 Å². The lowest BCUT2D eigenvalue weighted by Crippen LogP contribution is -2.33. The van der Waals surface area contributed by atoms with Crippen molar-refractivity contribution in [1.82, 2.24) is 9.88 Å². The first kappa shape index (κ1) is 24.5. The van der Waals surface area contributed by atoms with Gasteiger partial charge in [0.1, 0.15) is 5.56 Å². The van der Waals surface area contributed by atoms with Gasteiger partial charge in [0.2, 0.25) is 10.0 Å². The van der Waals surface area contributed by atoms with Gasteiger partial charge in [0.05, 0.1) is 17.0 Å². The van der Waals surface area contributed by atoms with E-state index in [-0.39, 0.29) is 23.5 Å². The van der Waals surface area contributed by atoms with E-state index in [1.165, 1.54) is 28.6 Å². The van der Waals surface area contributed by atoms with Gasteiger partial charge in [0.25, 0.3) is 11.5 Å². The zero-order chi connectivity index (χ0) is 25.4. The van der Waals surface area contributed by atoms with E-state index in [2.05, 4.69) is 5.32 Å². The number of hydrogen-bond donors (Lipinski definition) is 1. The number of aromatic nitrogens is 1. The molecular weight excluding hydrogens is 483 g/mol. The van der Waals surface area contributed by atoms with Crippen molar-refractivity contribution in [3.63, 3.8) is 0 Å². The number of rotatable bonds is 5. The number of alkyl halides is 3. The molecule has 2 aromatic carbocycles. The Morgan fingerprint density at radius 1 is 1.03 bits per heavy atom. The van der Waals surface area contributed by atoms with Crippen LogP contribution in [0.5, 0.6) is 0 Å². The second-order valence-corrected chi connectivity index (χ2v) is 10.2. The number of nitrogens with one attached hydrogen (secondary N) is 1. The molecule has 0 unspecified atom stereocenters. The molecule has 1 fully saturated rings.